The highest BCUT2D eigenvalue weighted by molar-refractivity contribution is 5.44. The number of nitrogens with zero attached hydrogens (tertiary/aromatic N) is 5. The van der Waals surface area contributed by atoms with Crippen molar-refractivity contribution in [1.29, 1.82) is 0 Å². The van der Waals surface area contributed by atoms with E-state index in [0.29, 0.717) is 17.9 Å². The van der Waals surface area contributed by atoms with Crippen molar-refractivity contribution in [2.24, 2.45) is 5.92 Å². The first-order valence-electron chi connectivity index (χ1n) is 7.43. The average Bonchev–Trinajstić information content (AvgIpc) is 3.27. The van der Waals surface area contributed by atoms with Crippen molar-refractivity contribution in [1.82, 2.24) is 15.0 Å². The Kier molecular flexibility index (Phi) is 4.62. The largest absolute Gasteiger partial charge is 0.354 e. The number of hydrogen-bond donors (Lipinski definition) is 1. The molecule has 1 N–H and O–H groups in total. The van der Waals surface area contributed by atoms with E-state index in [4.69, 9.17) is 0 Å². The van der Waals surface area contributed by atoms with E-state index in [2.05, 4.69) is 46.1 Å². The van der Waals surface area contributed by atoms with Gasteiger partial charge in [-0.15, -0.1) is 0 Å². The van der Waals surface area contributed by atoms with E-state index in [1.807, 2.05) is 19.0 Å². The molecule has 0 saturated heterocycles. The molecule has 0 amide bonds. The van der Waals surface area contributed by atoms with E-state index in [1.54, 1.807) is 0 Å². The molecule has 1 aromatic heterocycles. The Hall–Kier alpha value is -1.59. The second kappa shape index (κ2) is 6.24. The summed E-state index contributed by atoms with van der Waals surface area (Å²) >= 11 is 0. The van der Waals surface area contributed by atoms with Crippen LogP contribution in [-0.2, 0) is 0 Å². The first kappa shape index (κ1) is 14.8. The van der Waals surface area contributed by atoms with Gasteiger partial charge in [0.25, 0.3) is 0 Å². The van der Waals surface area contributed by atoms with Crippen LogP contribution in [0.25, 0.3) is 0 Å². The van der Waals surface area contributed by atoms with Gasteiger partial charge in [-0.2, -0.15) is 15.0 Å². The number of nitrogens with one attached hydrogen (secondary N) is 1. The lowest BCUT2D eigenvalue weighted by molar-refractivity contribution is 0.596. The lowest BCUT2D eigenvalue weighted by Gasteiger charge is -2.26. The normalized spacial score (nSPS) is 15.8. The van der Waals surface area contributed by atoms with Crippen LogP contribution >= 0.6 is 0 Å². The summed E-state index contributed by atoms with van der Waals surface area (Å²) in [5.74, 6) is 2.90. The monoisotopic (exact) mass is 278 g/mol. The molecule has 1 aromatic rings. The molecule has 0 radical (unpaired) electrons. The summed E-state index contributed by atoms with van der Waals surface area (Å²) < 4.78 is 0. The molecule has 1 aliphatic carbocycles. The lowest BCUT2D eigenvalue weighted by Crippen LogP contribution is -2.33. The molecule has 1 heterocycles. The second-order valence-electron chi connectivity index (χ2n) is 5.77. The Bertz CT molecular complexity index is 443. The Labute approximate surface area is 121 Å². The molecule has 6 nitrogen and oxygen atoms in total. The molecule has 0 bridgehead atoms. The fourth-order valence-corrected chi connectivity index (χ4v) is 2.10. The maximum absolute atomic E-state index is 4.56. The minimum Gasteiger partial charge on any atom is -0.354 e. The van der Waals surface area contributed by atoms with Crippen LogP contribution in [-0.4, -0.2) is 48.7 Å². The van der Waals surface area contributed by atoms with Crippen molar-refractivity contribution in [3.05, 3.63) is 0 Å². The Morgan fingerprint density at radius 2 is 1.80 bits per heavy atom. The van der Waals surface area contributed by atoms with E-state index in [9.17, 15) is 0 Å². The Morgan fingerprint density at radius 1 is 1.15 bits per heavy atom. The van der Waals surface area contributed by atoms with Gasteiger partial charge >= 0.3 is 0 Å². The zero-order valence-electron chi connectivity index (χ0n) is 13.2. The number of hydrogen-bond acceptors (Lipinski definition) is 6. The summed E-state index contributed by atoms with van der Waals surface area (Å²) in [6.07, 6.45) is 3.68. The standard InChI is InChI=1S/C14H26N6/c1-6-9-15-12-16-13(19(3)4)18-14(17-12)20(5)10(2)11-7-8-11/h10-11H,6-9H2,1-5H3,(H,15,16,17,18). The van der Waals surface area contributed by atoms with Crippen molar-refractivity contribution in [3.8, 4) is 0 Å². The van der Waals surface area contributed by atoms with E-state index in [1.165, 1.54) is 12.8 Å². The summed E-state index contributed by atoms with van der Waals surface area (Å²) in [5, 5.41) is 3.25. The van der Waals surface area contributed by atoms with Gasteiger partial charge in [0.15, 0.2) is 0 Å². The topological polar surface area (TPSA) is 57.2 Å². The molecule has 1 aliphatic rings. The fourth-order valence-electron chi connectivity index (χ4n) is 2.10. The Balaban J connectivity index is 2.22. The third-order valence-electron chi connectivity index (χ3n) is 3.78. The minimum atomic E-state index is 0.478. The highest BCUT2D eigenvalue weighted by atomic mass is 15.4. The summed E-state index contributed by atoms with van der Waals surface area (Å²) in [6.45, 7) is 5.25. The van der Waals surface area contributed by atoms with Gasteiger partial charge < -0.3 is 15.1 Å². The Morgan fingerprint density at radius 3 is 2.35 bits per heavy atom. The van der Waals surface area contributed by atoms with Gasteiger partial charge in [0.05, 0.1) is 0 Å². The fraction of sp³-hybridized carbons (Fsp3) is 0.786. The van der Waals surface area contributed by atoms with Crippen LogP contribution in [0.4, 0.5) is 17.8 Å². The van der Waals surface area contributed by atoms with Crippen LogP contribution in [0.15, 0.2) is 0 Å². The number of rotatable bonds is 7. The first-order valence-corrected chi connectivity index (χ1v) is 7.43. The molecular formula is C14H26N6. The maximum Gasteiger partial charge on any atom is 0.231 e. The predicted octanol–water partition coefficient (Wildman–Crippen LogP) is 1.99. The van der Waals surface area contributed by atoms with Crippen molar-refractivity contribution in [2.45, 2.75) is 39.2 Å². The lowest BCUT2D eigenvalue weighted by atomic mass is 10.2. The highest BCUT2D eigenvalue weighted by Crippen LogP contribution is 2.35. The average molecular weight is 278 g/mol. The summed E-state index contributed by atoms with van der Waals surface area (Å²) in [6, 6.07) is 0.478. The van der Waals surface area contributed by atoms with Crippen molar-refractivity contribution < 1.29 is 0 Å². The van der Waals surface area contributed by atoms with Crippen LogP contribution in [0.5, 0.6) is 0 Å². The van der Waals surface area contributed by atoms with Crippen LogP contribution in [0.1, 0.15) is 33.1 Å². The third kappa shape index (κ3) is 3.49. The van der Waals surface area contributed by atoms with Crippen molar-refractivity contribution in [2.75, 3.05) is 42.8 Å². The summed E-state index contributed by atoms with van der Waals surface area (Å²) in [7, 11) is 5.97. The van der Waals surface area contributed by atoms with Gasteiger partial charge in [0, 0.05) is 33.7 Å². The maximum atomic E-state index is 4.56. The molecule has 0 aliphatic heterocycles. The molecule has 20 heavy (non-hydrogen) atoms. The van der Waals surface area contributed by atoms with Gasteiger partial charge in [0.2, 0.25) is 17.8 Å². The summed E-state index contributed by atoms with van der Waals surface area (Å²) in [5.41, 5.74) is 0. The quantitative estimate of drug-likeness (QED) is 0.823. The predicted molar refractivity (Wildman–Crippen MR) is 83.5 cm³/mol. The molecule has 0 aromatic carbocycles. The van der Waals surface area contributed by atoms with Gasteiger partial charge in [0.1, 0.15) is 0 Å². The van der Waals surface area contributed by atoms with Gasteiger partial charge in [-0.25, -0.2) is 0 Å². The molecule has 1 atom stereocenters. The molecule has 112 valence electrons. The van der Waals surface area contributed by atoms with Gasteiger partial charge in [-0.3, -0.25) is 0 Å². The molecule has 1 fully saturated rings. The summed E-state index contributed by atoms with van der Waals surface area (Å²) in [4.78, 5) is 17.6. The molecular weight excluding hydrogens is 252 g/mol. The highest BCUT2D eigenvalue weighted by Gasteiger charge is 2.31. The minimum absolute atomic E-state index is 0.478. The van der Waals surface area contributed by atoms with Crippen LogP contribution in [0, 0.1) is 5.92 Å². The van der Waals surface area contributed by atoms with Crippen molar-refractivity contribution >= 4 is 17.8 Å². The van der Waals surface area contributed by atoms with Crippen LogP contribution in [0.3, 0.4) is 0 Å². The van der Waals surface area contributed by atoms with Crippen LogP contribution < -0.4 is 15.1 Å². The molecule has 1 saturated carbocycles. The number of aromatic nitrogens is 3. The molecule has 1 unspecified atom stereocenters. The second-order valence-corrected chi connectivity index (χ2v) is 5.77. The van der Waals surface area contributed by atoms with E-state index in [-0.39, 0.29) is 0 Å². The smallest absolute Gasteiger partial charge is 0.231 e. The van der Waals surface area contributed by atoms with Crippen molar-refractivity contribution in [3.63, 3.8) is 0 Å². The first-order chi connectivity index (χ1) is 9.52. The van der Waals surface area contributed by atoms with Gasteiger partial charge in [-0.05, 0) is 32.1 Å². The van der Waals surface area contributed by atoms with Crippen LogP contribution in [0.2, 0.25) is 0 Å². The van der Waals surface area contributed by atoms with E-state index < -0.39 is 0 Å². The zero-order valence-corrected chi connectivity index (χ0v) is 13.2. The van der Waals surface area contributed by atoms with E-state index in [0.717, 1.165) is 24.8 Å². The molecule has 2 rings (SSSR count). The third-order valence-corrected chi connectivity index (χ3v) is 3.78. The molecule has 6 heteroatoms. The molecule has 0 spiro atoms. The van der Waals surface area contributed by atoms with Gasteiger partial charge in [-0.1, -0.05) is 6.92 Å². The van der Waals surface area contributed by atoms with E-state index >= 15 is 0 Å². The SMILES string of the molecule is CCCNc1nc(N(C)C)nc(N(C)C(C)C2CC2)n1. The number of anilines is 3. The zero-order chi connectivity index (χ0) is 14.7.